The maximum atomic E-state index is 12.3. The predicted octanol–water partition coefficient (Wildman–Crippen LogP) is 2.54. The number of nitrogens with one attached hydrogen (secondary N) is 2. The van der Waals surface area contributed by atoms with Crippen LogP contribution in [0.1, 0.15) is 23.3 Å². The molecule has 0 atom stereocenters. The molecule has 3 aromatic heterocycles. The number of carbonyl (C=O) groups excluding carboxylic acids is 1. The van der Waals surface area contributed by atoms with Gasteiger partial charge in [-0.2, -0.15) is 21.5 Å². The van der Waals surface area contributed by atoms with E-state index >= 15 is 0 Å². The van der Waals surface area contributed by atoms with Gasteiger partial charge in [0.25, 0.3) is 5.91 Å². The van der Waals surface area contributed by atoms with Gasteiger partial charge >= 0.3 is 0 Å². The minimum absolute atomic E-state index is 0.106. The van der Waals surface area contributed by atoms with Gasteiger partial charge < -0.3 is 5.32 Å². The Morgan fingerprint density at radius 3 is 3.09 bits per heavy atom. The normalized spacial score (nSPS) is 15.5. The highest BCUT2D eigenvalue weighted by atomic mass is 32.1. The van der Waals surface area contributed by atoms with Crippen LogP contribution in [0.5, 0.6) is 0 Å². The Kier molecular flexibility index (Phi) is 3.49. The number of hydrogen-bond donors (Lipinski definition) is 2. The number of aromatic nitrogens is 4. The molecule has 1 fully saturated rings. The van der Waals surface area contributed by atoms with E-state index in [0.717, 1.165) is 30.6 Å². The standard InChI is InChI=1S/C16H17N5OS/c22-15(14-8-13(19-20-14)12-2-7-23-9-12)17-10-16(3-4-16)11-21-6-1-5-18-21/h1-2,5-9H,3-4,10-11H2,(H,17,22)(H,19,20). The van der Waals surface area contributed by atoms with Crippen LogP contribution < -0.4 is 5.32 Å². The van der Waals surface area contributed by atoms with Crippen LogP contribution in [0.3, 0.4) is 0 Å². The van der Waals surface area contributed by atoms with Crippen LogP contribution in [0.4, 0.5) is 0 Å². The van der Waals surface area contributed by atoms with Crippen molar-refractivity contribution >= 4 is 17.2 Å². The molecule has 7 heteroatoms. The largest absolute Gasteiger partial charge is 0.350 e. The molecular weight excluding hydrogens is 310 g/mol. The van der Waals surface area contributed by atoms with Crippen LogP contribution in [0.2, 0.25) is 0 Å². The van der Waals surface area contributed by atoms with E-state index in [9.17, 15) is 4.79 Å². The van der Waals surface area contributed by atoms with Gasteiger partial charge in [-0.1, -0.05) is 0 Å². The molecule has 0 radical (unpaired) electrons. The first-order chi connectivity index (χ1) is 11.2. The Hall–Kier alpha value is -2.41. The summed E-state index contributed by atoms with van der Waals surface area (Å²) in [6.45, 7) is 1.52. The van der Waals surface area contributed by atoms with Gasteiger partial charge in [0.2, 0.25) is 0 Å². The van der Waals surface area contributed by atoms with E-state index in [4.69, 9.17) is 0 Å². The van der Waals surface area contributed by atoms with Gasteiger partial charge in [0.15, 0.2) is 0 Å². The van der Waals surface area contributed by atoms with E-state index in [1.54, 1.807) is 23.6 Å². The van der Waals surface area contributed by atoms with Gasteiger partial charge in [0.05, 0.1) is 5.69 Å². The molecule has 0 unspecified atom stereocenters. The van der Waals surface area contributed by atoms with Gasteiger partial charge in [-0.15, -0.1) is 0 Å². The Bertz CT molecular complexity index is 786. The molecule has 118 valence electrons. The summed E-state index contributed by atoms with van der Waals surface area (Å²) >= 11 is 1.61. The van der Waals surface area contributed by atoms with Crippen molar-refractivity contribution in [2.24, 2.45) is 5.41 Å². The summed E-state index contributed by atoms with van der Waals surface area (Å²) in [6, 6.07) is 5.71. The van der Waals surface area contributed by atoms with E-state index in [1.807, 2.05) is 33.8 Å². The number of nitrogens with zero attached hydrogens (tertiary/aromatic N) is 3. The highest BCUT2D eigenvalue weighted by Gasteiger charge is 2.43. The van der Waals surface area contributed by atoms with Crippen LogP contribution in [0.25, 0.3) is 11.3 Å². The lowest BCUT2D eigenvalue weighted by atomic mass is 10.1. The summed E-state index contributed by atoms with van der Waals surface area (Å²) in [6.07, 6.45) is 5.99. The zero-order valence-corrected chi connectivity index (χ0v) is 13.3. The third-order valence-corrected chi connectivity index (χ3v) is 4.96. The molecule has 0 spiro atoms. The number of carbonyl (C=O) groups is 1. The molecule has 0 saturated heterocycles. The summed E-state index contributed by atoms with van der Waals surface area (Å²) < 4.78 is 1.93. The molecule has 0 bridgehead atoms. The molecule has 23 heavy (non-hydrogen) atoms. The van der Waals surface area contributed by atoms with Crippen molar-refractivity contribution in [1.82, 2.24) is 25.3 Å². The third-order valence-electron chi connectivity index (χ3n) is 4.28. The first-order valence-electron chi connectivity index (χ1n) is 7.58. The van der Waals surface area contributed by atoms with Gasteiger partial charge in [-0.25, -0.2) is 0 Å². The summed E-state index contributed by atoms with van der Waals surface area (Å²) in [7, 11) is 0. The second-order valence-corrected chi connectivity index (χ2v) is 6.85. The van der Waals surface area contributed by atoms with Gasteiger partial charge in [-0.3, -0.25) is 14.6 Å². The maximum absolute atomic E-state index is 12.3. The quantitative estimate of drug-likeness (QED) is 0.730. The van der Waals surface area contributed by atoms with Crippen LogP contribution in [0, 0.1) is 5.41 Å². The molecule has 6 nitrogen and oxygen atoms in total. The summed E-state index contributed by atoms with van der Waals surface area (Å²) in [4.78, 5) is 12.3. The van der Waals surface area contributed by atoms with Crippen molar-refractivity contribution < 1.29 is 4.79 Å². The second kappa shape index (κ2) is 5.66. The van der Waals surface area contributed by atoms with Gasteiger partial charge in [0, 0.05) is 41.8 Å². The van der Waals surface area contributed by atoms with Crippen LogP contribution in [-0.4, -0.2) is 32.4 Å². The van der Waals surface area contributed by atoms with Crippen molar-refractivity contribution in [3.05, 3.63) is 47.0 Å². The highest BCUT2D eigenvalue weighted by molar-refractivity contribution is 7.08. The monoisotopic (exact) mass is 327 g/mol. The predicted molar refractivity (Wildman–Crippen MR) is 88.1 cm³/mol. The average Bonchev–Trinajstić information content (AvgIpc) is 3.08. The molecule has 1 aliphatic carbocycles. The number of thiophene rings is 1. The smallest absolute Gasteiger partial charge is 0.269 e. The van der Waals surface area contributed by atoms with E-state index < -0.39 is 0 Å². The van der Waals surface area contributed by atoms with Crippen molar-refractivity contribution in [2.75, 3.05) is 6.54 Å². The van der Waals surface area contributed by atoms with E-state index in [1.165, 1.54) is 0 Å². The van der Waals surface area contributed by atoms with Crippen molar-refractivity contribution in [3.63, 3.8) is 0 Å². The summed E-state index contributed by atoms with van der Waals surface area (Å²) in [5.41, 5.74) is 2.48. The summed E-state index contributed by atoms with van der Waals surface area (Å²) in [5, 5.41) is 18.3. The topological polar surface area (TPSA) is 75.6 Å². The molecule has 1 saturated carbocycles. The number of amides is 1. The van der Waals surface area contributed by atoms with Gasteiger partial charge in [-0.05, 0) is 36.4 Å². The van der Waals surface area contributed by atoms with E-state index in [-0.39, 0.29) is 11.3 Å². The third kappa shape index (κ3) is 3.05. The number of aromatic amines is 1. The van der Waals surface area contributed by atoms with Crippen LogP contribution in [0.15, 0.2) is 41.4 Å². The first-order valence-corrected chi connectivity index (χ1v) is 8.52. The highest BCUT2D eigenvalue weighted by Crippen LogP contribution is 2.46. The first kappa shape index (κ1) is 14.2. The molecule has 1 aliphatic rings. The van der Waals surface area contributed by atoms with Crippen molar-refractivity contribution in [1.29, 1.82) is 0 Å². The lowest BCUT2D eigenvalue weighted by molar-refractivity contribution is 0.0937. The minimum atomic E-state index is -0.106. The molecule has 0 aliphatic heterocycles. The lowest BCUT2D eigenvalue weighted by Crippen LogP contribution is -2.32. The Labute approximate surface area is 137 Å². The molecule has 1 amide bonds. The average molecular weight is 327 g/mol. The summed E-state index contributed by atoms with van der Waals surface area (Å²) in [5.74, 6) is -0.106. The Morgan fingerprint density at radius 2 is 2.39 bits per heavy atom. The number of hydrogen-bond acceptors (Lipinski definition) is 4. The van der Waals surface area contributed by atoms with E-state index in [0.29, 0.717) is 12.2 Å². The van der Waals surface area contributed by atoms with Gasteiger partial charge in [0.1, 0.15) is 5.69 Å². The van der Waals surface area contributed by atoms with Crippen molar-refractivity contribution in [3.8, 4) is 11.3 Å². The zero-order chi connectivity index (χ0) is 15.7. The molecule has 0 aromatic carbocycles. The Morgan fingerprint density at radius 1 is 1.48 bits per heavy atom. The second-order valence-electron chi connectivity index (χ2n) is 6.07. The fraction of sp³-hybridized carbons (Fsp3) is 0.312. The minimum Gasteiger partial charge on any atom is -0.350 e. The molecule has 2 N–H and O–H groups in total. The zero-order valence-electron chi connectivity index (χ0n) is 12.5. The van der Waals surface area contributed by atoms with E-state index in [2.05, 4.69) is 20.6 Å². The van der Waals surface area contributed by atoms with Crippen LogP contribution >= 0.6 is 11.3 Å². The maximum Gasteiger partial charge on any atom is 0.269 e. The van der Waals surface area contributed by atoms with Crippen molar-refractivity contribution in [2.45, 2.75) is 19.4 Å². The SMILES string of the molecule is O=C(NCC1(Cn2cccn2)CC1)c1cc(-c2ccsc2)n[nH]1. The fourth-order valence-corrected chi connectivity index (χ4v) is 3.31. The molecular formula is C16H17N5OS. The lowest BCUT2D eigenvalue weighted by Gasteiger charge is -2.15. The molecule has 4 rings (SSSR count). The van der Waals surface area contributed by atoms with Crippen LogP contribution in [-0.2, 0) is 6.54 Å². The molecule has 3 heterocycles. The molecule has 3 aromatic rings. The number of H-pyrrole nitrogens is 1. The number of rotatable bonds is 6. The fourth-order valence-electron chi connectivity index (χ4n) is 2.66. The Balaban J connectivity index is 1.37.